The van der Waals surface area contributed by atoms with Crippen molar-refractivity contribution in [3.05, 3.63) is 32.8 Å². The van der Waals surface area contributed by atoms with E-state index in [1.165, 1.54) is 12.1 Å². The Morgan fingerprint density at radius 1 is 1.44 bits per heavy atom. The molecule has 0 aliphatic rings. The van der Waals surface area contributed by atoms with Crippen molar-refractivity contribution in [2.24, 2.45) is 0 Å². The summed E-state index contributed by atoms with van der Waals surface area (Å²) < 4.78 is 10.6. The van der Waals surface area contributed by atoms with Gasteiger partial charge in [-0.05, 0) is 60.5 Å². The molecule has 8 heteroatoms. The van der Waals surface area contributed by atoms with Crippen molar-refractivity contribution in [2.45, 2.75) is 26.8 Å². The summed E-state index contributed by atoms with van der Waals surface area (Å²) >= 11 is 9.47. The number of carbonyl (C=O) groups is 2. The first-order chi connectivity index (χ1) is 11.8. The topological polar surface area (TPSA) is 88.4 Å². The average molecular weight is 430 g/mol. The second-order valence-electron chi connectivity index (χ2n) is 5.21. The molecule has 0 fully saturated rings. The number of halogens is 2. The van der Waals surface area contributed by atoms with Gasteiger partial charge in [-0.3, -0.25) is 4.79 Å². The summed E-state index contributed by atoms with van der Waals surface area (Å²) in [5, 5.41) is 12.0. The molecule has 134 valence electrons. The van der Waals surface area contributed by atoms with Gasteiger partial charge in [-0.25, -0.2) is 4.79 Å². The fourth-order valence-corrected chi connectivity index (χ4v) is 2.78. The van der Waals surface area contributed by atoms with E-state index in [9.17, 15) is 9.59 Å². The van der Waals surface area contributed by atoms with Gasteiger partial charge in [-0.1, -0.05) is 11.6 Å². The van der Waals surface area contributed by atoms with E-state index in [4.69, 9.17) is 26.3 Å². The molecule has 0 saturated carbocycles. The average Bonchev–Trinajstić information content (AvgIpc) is 2.51. The molecule has 0 radical (unpaired) electrons. The third-order valence-corrected chi connectivity index (χ3v) is 3.63. The molecule has 0 saturated heterocycles. The second kappa shape index (κ2) is 10.1. The molecule has 1 aromatic rings. The number of amides is 1. The van der Waals surface area contributed by atoms with Gasteiger partial charge in [0.05, 0.1) is 16.1 Å². The lowest BCUT2D eigenvalue weighted by Crippen LogP contribution is -2.30. The smallest absolute Gasteiger partial charge is 0.344 e. The molecule has 0 heterocycles. The van der Waals surface area contributed by atoms with Crippen LogP contribution in [-0.2, 0) is 14.3 Å². The Hall–Kier alpha value is -2.04. The zero-order chi connectivity index (χ0) is 19.0. The van der Waals surface area contributed by atoms with Crippen molar-refractivity contribution < 1.29 is 19.1 Å². The predicted octanol–water partition coefficient (Wildman–Crippen LogP) is 3.48. The molecule has 0 aliphatic carbocycles. The summed E-state index contributed by atoms with van der Waals surface area (Å²) in [6.45, 7) is 5.29. The first-order valence-corrected chi connectivity index (χ1v) is 8.65. The highest BCUT2D eigenvalue weighted by molar-refractivity contribution is 9.10. The van der Waals surface area contributed by atoms with Crippen molar-refractivity contribution in [2.75, 3.05) is 13.2 Å². The Morgan fingerprint density at radius 3 is 2.64 bits per heavy atom. The van der Waals surface area contributed by atoms with Gasteiger partial charge in [-0.2, -0.15) is 5.26 Å². The molecule has 0 bridgehead atoms. The van der Waals surface area contributed by atoms with Crippen LogP contribution in [0.5, 0.6) is 5.75 Å². The van der Waals surface area contributed by atoms with Crippen LogP contribution in [0.25, 0.3) is 6.08 Å². The highest BCUT2D eigenvalue weighted by atomic mass is 79.9. The third kappa shape index (κ3) is 6.77. The van der Waals surface area contributed by atoms with Crippen LogP contribution in [0.4, 0.5) is 0 Å². The number of carbonyl (C=O) groups excluding carboxylic acids is 2. The Balaban J connectivity index is 3.01. The maximum absolute atomic E-state index is 11.9. The minimum absolute atomic E-state index is 0.0446. The molecular weight excluding hydrogens is 412 g/mol. The monoisotopic (exact) mass is 428 g/mol. The van der Waals surface area contributed by atoms with E-state index >= 15 is 0 Å². The summed E-state index contributed by atoms with van der Waals surface area (Å²) in [5.41, 5.74) is 0.493. The maximum atomic E-state index is 11.9. The van der Waals surface area contributed by atoms with E-state index in [1.807, 2.05) is 6.07 Å². The van der Waals surface area contributed by atoms with Crippen molar-refractivity contribution in [1.29, 1.82) is 5.26 Å². The van der Waals surface area contributed by atoms with Crippen LogP contribution in [0.2, 0.25) is 5.02 Å². The zero-order valence-corrected chi connectivity index (χ0v) is 16.4. The Labute approximate surface area is 159 Å². The highest BCUT2D eigenvalue weighted by Gasteiger charge is 2.14. The Morgan fingerprint density at radius 2 is 2.12 bits per heavy atom. The van der Waals surface area contributed by atoms with Gasteiger partial charge in [0.1, 0.15) is 11.6 Å². The maximum Gasteiger partial charge on any atom is 0.344 e. The molecule has 0 unspecified atom stereocenters. The standard InChI is InChI=1S/C17H18BrClN2O4/c1-4-24-15(22)9-25-16-13(18)6-11(7-14(16)19)5-12(8-20)17(23)21-10(2)3/h5-7,10H,4,9H2,1-3H3,(H,21,23)/b12-5-. The third-order valence-electron chi connectivity index (χ3n) is 2.76. The van der Waals surface area contributed by atoms with Crippen LogP contribution in [0, 0.1) is 11.3 Å². The van der Waals surface area contributed by atoms with Crippen molar-refractivity contribution in [1.82, 2.24) is 5.32 Å². The van der Waals surface area contributed by atoms with Gasteiger partial charge in [0, 0.05) is 6.04 Å². The predicted molar refractivity (Wildman–Crippen MR) is 98.1 cm³/mol. The van der Waals surface area contributed by atoms with Crippen LogP contribution in [-0.4, -0.2) is 31.1 Å². The summed E-state index contributed by atoms with van der Waals surface area (Å²) in [5.74, 6) is -0.698. The van der Waals surface area contributed by atoms with E-state index < -0.39 is 11.9 Å². The number of ether oxygens (including phenoxy) is 2. The molecule has 1 N–H and O–H groups in total. The molecule has 25 heavy (non-hydrogen) atoms. The summed E-state index contributed by atoms with van der Waals surface area (Å²) in [6.07, 6.45) is 1.42. The molecule has 0 aromatic heterocycles. The number of nitrogens with one attached hydrogen (secondary N) is 1. The van der Waals surface area contributed by atoms with Crippen LogP contribution >= 0.6 is 27.5 Å². The van der Waals surface area contributed by atoms with Gasteiger partial charge in [0.15, 0.2) is 12.4 Å². The van der Waals surface area contributed by atoms with E-state index in [1.54, 1.807) is 26.8 Å². The number of hydrogen-bond acceptors (Lipinski definition) is 5. The minimum atomic E-state index is -0.508. The molecular formula is C17H18BrClN2O4. The number of hydrogen-bond donors (Lipinski definition) is 1. The molecule has 6 nitrogen and oxygen atoms in total. The normalized spacial score (nSPS) is 11.0. The fourth-order valence-electron chi connectivity index (χ4n) is 1.79. The van der Waals surface area contributed by atoms with E-state index in [0.29, 0.717) is 10.0 Å². The van der Waals surface area contributed by atoms with E-state index in [2.05, 4.69) is 21.2 Å². The number of esters is 1. The molecule has 0 spiro atoms. The molecule has 1 amide bonds. The van der Waals surface area contributed by atoms with Gasteiger partial charge < -0.3 is 14.8 Å². The lowest BCUT2D eigenvalue weighted by Gasteiger charge is -2.11. The number of nitriles is 1. The lowest BCUT2D eigenvalue weighted by molar-refractivity contribution is -0.145. The van der Waals surface area contributed by atoms with Crippen molar-refractivity contribution in [3.63, 3.8) is 0 Å². The minimum Gasteiger partial charge on any atom is -0.479 e. The SMILES string of the molecule is CCOC(=O)COc1c(Cl)cc(/C=C(/C#N)C(=O)NC(C)C)cc1Br. The number of rotatable bonds is 7. The summed E-state index contributed by atoms with van der Waals surface area (Å²) in [4.78, 5) is 23.3. The van der Waals surface area contributed by atoms with Gasteiger partial charge in [0.2, 0.25) is 0 Å². The van der Waals surface area contributed by atoms with Gasteiger partial charge in [0.25, 0.3) is 5.91 Å². The Kier molecular flexibility index (Phi) is 8.46. The molecule has 1 rings (SSSR count). The largest absolute Gasteiger partial charge is 0.479 e. The molecule has 1 aromatic carbocycles. The lowest BCUT2D eigenvalue weighted by atomic mass is 10.1. The van der Waals surface area contributed by atoms with Crippen molar-refractivity contribution >= 4 is 45.5 Å². The molecule has 0 aliphatic heterocycles. The van der Waals surface area contributed by atoms with E-state index in [0.717, 1.165) is 0 Å². The van der Waals surface area contributed by atoms with Crippen LogP contribution in [0.1, 0.15) is 26.3 Å². The fraction of sp³-hybridized carbons (Fsp3) is 0.353. The second-order valence-corrected chi connectivity index (χ2v) is 6.47. The first kappa shape index (κ1) is 21.0. The van der Waals surface area contributed by atoms with E-state index in [-0.39, 0.29) is 35.6 Å². The number of benzene rings is 1. The van der Waals surface area contributed by atoms with Crippen LogP contribution in [0.15, 0.2) is 22.2 Å². The van der Waals surface area contributed by atoms with Crippen LogP contribution in [0.3, 0.4) is 0 Å². The van der Waals surface area contributed by atoms with Crippen molar-refractivity contribution in [3.8, 4) is 11.8 Å². The highest BCUT2D eigenvalue weighted by Crippen LogP contribution is 2.35. The summed E-state index contributed by atoms with van der Waals surface area (Å²) in [7, 11) is 0. The van der Waals surface area contributed by atoms with Crippen LogP contribution < -0.4 is 10.1 Å². The summed E-state index contributed by atoms with van der Waals surface area (Å²) in [6, 6.07) is 4.94. The Bertz CT molecular complexity index is 703. The first-order valence-electron chi connectivity index (χ1n) is 7.48. The zero-order valence-electron chi connectivity index (χ0n) is 14.1. The quantitative estimate of drug-likeness (QED) is 0.407. The van der Waals surface area contributed by atoms with Gasteiger partial charge >= 0.3 is 5.97 Å². The van der Waals surface area contributed by atoms with Gasteiger partial charge in [-0.15, -0.1) is 0 Å². The number of nitrogens with zero attached hydrogens (tertiary/aromatic N) is 1. The molecule has 0 atom stereocenters.